The summed E-state index contributed by atoms with van der Waals surface area (Å²) < 4.78 is 0. The van der Waals surface area contributed by atoms with Gasteiger partial charge < -0.3 is 5.32 Å². The Hall–Kier alpha value is -0.530. The first kappa shape index (κ1) is 13.5. The molecule has 1 aliphatic heterocycles. The minimum absolute atomic E-state index is 1.04. The molecule has 0 aliphatic carbocycles. The van der Waals surface area contributed by atoms with Gasteiger partial charge in [0.15, 0.2) is 0 Å². The lowest BCUT2D eigenvalue weighted by molar-refractivity contribution is 0.600. The van der Waals surface area contributed by atoms with E-state index in [0.717, 1.165) is 13.1 Å². The van der Waals surface area contributed by atoms with Crippen LogP contribution in [0.1, 0.15) is 71.1 Å². The van der Waals surface area contributed by atoms with Crippen molar-refractivity contribution < 1.29 is 0 Å². The molecule has 1 N–H and O–H groups in total. The molecule has 0 amide bonds. The third-order valence-electron chi connectivity index (χ3n) is 3.23. The van der Waals surface area contributed by atoms with Crippen molar-refractivity contribution >= 4 is 5.84 Å². The second kappa shape index (κ2) is 9.68. The molecule has 0 saturated carbocycles. The third-order valence-corrected chi connectivity index (χ3v) is 3.23. The van der Waals surface area contributed by atoms with Crippen molar-refractivity contribution in [3.63, 3.8) is 0 Å². The van der Waals surface area contributed by atoms with E-state index in [0.29, 0.717) is 0 Å². The molecule has 0 aromatic rings. The predicted octanol–water partition coefficient (Wildman–Crippen LogP) is 3.91. The Kier molecular flexibility index (Phi) is 8.19. The minimum atomic E-state index is 1.04. The largest absolute Gasteiger partial charge is 0.374 e. The van der Waals surface area contributed by atoms with Gasteiger partial charge in [0.25, 0.3) is 0 Å². The molecule has 0 radical (unpaired) electrons. The van der Waals surface area contributed by atoms with Crippen LogP contribution >= 0.6 is 0 Å². The topological polar surface area (TPSA) is 24.4 Å². The quantitative estimate of drug-likeness (QED) is 0.651. The maximum atomic E-state index is 4.58. The smallest absolute Gasteiger partial charge is 0.0963 e. The van der Waals surface area contributed by atoms with E-state index in [1.54, 1.807) is 0 Å². The fourth-order valence-corrected chi connectivity index (χ4v) is 2.16. The fourth-order valence-electron chi connectivity index (χ4n) is 2.16. The highest BCUT2D eigenvalue weighted by molar-refractivity contribution is 5.82. The van der Waals surface area contributed by atoms with Crippen LogP contribution in [0.5, 0.6) is 0 Å². The van der Waals surface area contributed by atoms with E-state index in [9.17, 15) is 0 Å². The zero-order chi connectivity index (χ0) is 11.5. The van der Waals surface area contributed by atoms with Crippen LogP contribution < -0.4 is 5.32 Å². The number of hydrogen-bond acceptors (Lipinski definition) is 2. The van der Waals surface area contributed by atoms with E-state index in [1.807, 2.05) is 0 Å². The van der Waals surface area contributed by atoms with Crippen LogP contribution in [0, 0.1) is 0 Å². The number of unbranched alkanes of at least 4 members (excludes halogenated alkanes) is 5. The number of nitrogens with zero attached hydrogens (tertiary/aromatic N) is 1. The number of aliphatic imine (C=N–C) groups is 1. The van der Waals surface area contributed by atoms with Crippen molar-refractivity contribution in [1.82, 2.24) is 5.32 Å². The monoisotopic (exact) mass is 224 g/mol. The Bertz CT molecular complexity index is 187. The normalized spacial score (nSPS) is 16.7. The number of nitrogens with one attached hydrogen (secondary N) is 1. The molecule has 1 rings (SSSR count). The zero-order valence-electron chi connectivity index (χ0n) is 10.9. The van der Waals surface area contributed by atoms with Crippen LogP contribution in [0.4, 0.5) is 0 Å². The highest BCUT2D eigenvalue weighted by atomic mass is 15.0. The summed E-state index contributed by atoms with van der Waals surface area (Å²) in [5.74, 6) is 1.27. The van der Waals surface area contributed by atoms with E-state index in [4.69, 9.17) is 0 Å². The minimum Gasteiger partial charge on any atom is -0.374 e. The van der Waals surface area contributed by atoms with Crippen LogP contribution in [0.3, 0.4) is 0 Å². The Morgan fingerprint density at radius 1 is 1.00 bits per heavy atom. The molecule has 1 heterocycles. The van der Waals surface area contributed by atoms with Gasteiger partial charge in [-0.15, -0.1) is 0 Å². The Morgan fingerprint density at radius 3 is 2.69 bits per heavy atom. The zero-order valence-corrected chi connectivity index (χ0v) is 10.9. The summed E-state index contributed by atoms with van der Waals surface area (Å²) in [4.78, 5) is 4.58. The molecular weight excluding hydrogens is 196 g/mol. The highest BCUT2D eigenvalue weighted by Gasteiger charge is 2.02. The molecule has 0 aromatic carbocycles. The van der Waals surface area contributed by atoms with Gasteiger partial charge in [0.1, 0.15) is 0 Å². The van der Waals surface area contributed by atoms with E-state index in [1.165, 1.54) is 70.0 Å². The first-order valence-electron chi connectivity index (χ1n) is 7.20. The van der Waals surface area contributed by atoms with Crippen molar-refractivity contribution in [1.29, 1.82) is 0 Å². The molecule has 94 valence electrons. The molecular formula is C14H28N2. The molecule has 0 atom stereocenters. The predicted molar refractivity (Wildman–Crippen MR) is 72.1 cm³/mol. The first-order valence-corrected chi connectivity index (χ1v) is 7.20. The van der Waals surface area contributed by atoms with Crippen LogP contribution in [0.25, 0.3) is 0 Å². The summed E-state index contributed by atoms with van der Waals surface area (Å²) in [6.07, 6.45) is 13.4. The van der Waals surface area contributed by atoms with E-state index < -0.39 is 0 Å². The molecule has 0 unspecified atom stereocenters. The molecule has 2 nitrogen and oxygen atoms in total. The molecule has 0 spiro atoms. The maximum Gasteiger partial charge on any atom is 0.0963 e. The van der Waals surface area contributed by atoms with Gasteiger partial charge in [-0.3, -0.25) is 4.99 Å². The summed E-state index contributed by atoms with van der Waals surface area (Å²) in [6, 6.07) is 0. The molecule has 0 saturated heterocycles. The lowest BCUT2D eigenvalue weighted by Gasteiger charge is -2.07. The van der Waals surface area contributed by atoms with Gasteiger partial charge in [-0.1, -0.05) is 45.4 Å². The molecule has 16 heavy (non-hydrogen) atoms. The van der Waals surface area contributed by atoms with Gasteiger partial charge in [-0.25, -0.2) is 0 Å². The van der Waals surface area contributed by atoms with Gasteiger partial charge in [0.05, 0.1) is 5.84 Å². The standard InChI is InChI=1S/C14H28N2/c1-2-3-4-5-6-9-12-15-14-11-8-7-10-13-16-14/h2-13H2,1H3,(H,15,16). The van der Waals surface area contributed by atoms with E-state index in [2.05, 4.69) is 17.2 Å². The third kappa shape index (κ3) is 6.86. The van der Waals surface area contributed by atoms with Crippen LogP contribution in [0.2, 0.25) is 0 Å². The lowest BCUT2D eigenvalue weighted by atomic mass is 10.1. The van der Waals surface area contributed by atoms with E-state index in [-0.39, 0.29) is 0 Å². The summed E-state index contributed by atoms with van der Waals surface area (Å²) >= 11 is 0. The van der Waals surface area contributed by atoms with Crippen LogP contribution in [-0.2, 0) is 0 Å². The number of amidine groups is 1. The summed E-state index contributed by atoms with van der Waals surface area (Å²) in [5.41, 5.74) is 0. The van der Waals surface area contributed by atoms with Gasteiger partial charge in [-0.05, 0) is 19.3 Å². The number of hydrogen-bond donors (Lipinski definition) is 1. The molecule has 0 bridgehead atoms. The first-order chi connectivity index (χ1) is 7.93. The van der Waals surface area contributed by atoms with Gasteiger partial charge in [-0.2, -0.15) is 0 Å². The van der Waals surface area contributed by atoms with Gasteiger partial charge in [0, 0.05) is 19.5 Å². The average molecular weight is 224 g/mol. The maximum absolute atomic E-state index is 4.58. The molecule has 0 aromatic heterocycles. The Morgan fingerprint density at radius 2 is 1.81 bits per heavy atom. The van der Waals surface area contributed by atoms with E-state index >= 15 is 0 Å². The van der Waals surface area contributed by atoms with Crippen molar-refractivity contribution in [2.45, 2.75) is 71.1 Å². The second-order valence-electron chi connectivity index (χ2n) is 4.83. The Labute approximate surface area is 101 Å². The summed E-state index contributed by atoms with van der Waals surface area (Å²) in [7, 11) is 0. The van der Waals surface area contributed by atoms with Crippen molar-refractivity contribution in [3.05, 3.63) is 0 Å². The summed E-state index contributed by atoms with van der Waals surface area (Å²) in [6.45, 7) is 4.44. The lowest BCUT2D eigenvalue weighted by Crippen LogP contribution is -2.24. The van der Waals surface area contributed by atoms with Gasteiger partial charge >= 0.3 is 0 Å². The van der Waals surface area contributed by atoms with Crippen molar-refractivity contribution in [2.75, 3.05) is 13.1 Å². The van der Waals surface area contributed by atoms with Crippen LogP contribution in [-0.4, -0.2) is 18.9 Å². The van der Waals surface area contributed by atoms with Crippen molar-refractivity contribution in [2.24, 2.45) is 4.99 Å². The highest BCUT2D eigenvalue weighted by Crippen LogP contribution is 2.07. The summed E-state index contributed by atoms with van der Waals surface area (Å²) in [5, 5.41) is 3.50. The molecule has 2 heteroatoms. The average Bonchev–Trinajstić information content (AvgIpc) is 2.56. The van der Waals surface area contributed by atoms with Crippen LogP contribution in [0.15, 0.2) is 4.99 Å². The molecule has 0 fully saturated rings. The fraction of sp³-hybridized carbons (Fsp3) is 0.929. The van der Waals surface area contributed by atoms with Gasteiger partial charge in [0.2, 0.25) is 0 Å². The second-order valence-corrected chi connectivity index (χ2v) is 4.83. The SMILES string of the molecule is CCCCCCCCNC1=NCCCCC1. The molecule has 1 aliphatic rings. The Balaban J connectivity index is 1.91. The van der Waals surface area contributed by atoms with Crippen molar-refractivity contribution in [3.8, 4) is 0 Å². The number of rotatable bonds is 7.